The van der Waals surface area contributed by atoms with E-state index in [0.29, 0.717) is 24.1 Å². The highest BCUT2D eigenvalue weighted by Gasteiger charge is 2.14. The van der Waals surface area contributed by atoms with Crippen molar-refractivity contribution in [1.82, 2.24) is 4.98 Å². The van der Waals surface area contributed by atoms with Crippen molar-refractivity contribution in [2.24, 2.45) is 5.92 Å². The third-order valence-corrected chi connectivity index (χ3v) is 3.09. The molecule has 106 valence electrons. The average molecular weight is 264 g/mol. The number of pyridine rings is 1. The summed E-state index contributed by atoms with van der Waals surface area (Å²) in [5.74, 6) is 1.21. The molecule has 0 amide bonds. The molecule has 0 aliphatic heterocycles. The van der Waals surface area contributed by atoms with Gasteiger partial charge in [-0.25, -0.2) is 9.78 Å². The van der Waals surface area contributed by atoms with E-state index in [1.165, 1.54) is 0 Å². The van der Waals surface area contributed by atoms with Gasteiger partial charge in [-0.05, 0) is 38.3 Å². The van der Waals surface area contributed by atoms with Crippen LogP contribution in [-0.2, 0) is 4.74 Å². The molecule has 0 N–H and O–H groups in total. The summed E-state index contributed by atoms with van der Waals surface area (Å²) in [6, 6.07) is 4.04. The molecule has 0 spiro atoms. The van der Waals surface area contributed by atoms with Gasteiger partial charge in [0.15, 0.2) is 0 Å². The first kappa shape index (κ1) is 15.5. The monoisotopic (exact) mass is 264 g/mol. The minimum atomic E-state index is -0.320. The number of aromatic nitrogens is 1. The van der Waals surface area contributed by atoms with Gasteiger partial charge in [0.2, 0.25) is 0 Å². The number of esters is 1. The smallest absolute Gasteiger partial charge is 0.339 e. The number of hydrogen-bond donors (Lipinski definition) is 0. The number of nitrogens with zero attached hydrogens (tertiary/aromatic N) is 2. The SMILES string of the molecule is CCOC(=O)c1ccc(N(C)C(C)CC(C)C)nc1. The molecule has 1 unspecified atom stereocenters. The highest BCUT2D eigenvalue weighted by molar-refractivity contribution is 5.89. The maximum Gasteiger partial charge on any atom is 0.339 e. The van der Waals surface area contributed by atoms with E-state index in [0.717, 1.165) is 12.2 Å². The van der Waals surface area contributed by atoms with E-state index >= 15 is 0 Å². The molecule has 1 aromatic heterocycles. The van der Waals surface area contributed by atoms with Crippen LogP contribution in [-0.4, -0.2) is 30.6 Å². The van der Waals surface area contributed by atoms with Crippen molar-refractivity contribution in [3.05, 3.63) is 23.9 Å². The molecule has 0 aliphatic rings. The van der Waals surface area contributed by atoms with Gasteiger partial charge in [0.05, 0.1) is 12.2 Å². The molecular weight excluding hydrogens is 240 g/mol. The minimum absolute atomic E-state index is 0.320. The molecule has 0 aromatic carbocycles. The number of hydrogen-bond acceptors (Lipinski definition) is 4. The Morgan fingerprint density at radius 2 is 2.05 bits per heavy atom. The lowest BCUT2D eigenvalue weighted by Gasteiger charge is -2.27. The van der Waals surface area contributed by atoms with Gasteiger partial charge in [0, 0.05) is 19.3 Å². The van der Waals surface area contributed by atoms with Crippen LogP contribution in [0.2, 0.25) is 0 Å². The first-order valence-corrected chi connectivity index (χ1v) is 6.81. The second-order valence-corrected chi connectivity index (χ2v) is 5.22. The van der Waals surface area contributed by atoms with Crippen LogP contribution in [0.1, 0.15) is 44.5 Å². The van der Waals surface area contributed by atoms with Crippen LogP contribution in [0.25, 0.3) is 0 Å². The molecule has 0 bridgehead atoms. The van der Waals surface area contributed by atoms with Gasteiger partial charge in [-0.1, -0.05) is 13.8 Å². The van der Waals surface area contributed by atoms with E-state index in [-0.39, 0.29) is 5.97 Å². The summed E-state index contributed by atoms with van der Waals surface area (Å²) >= 11 is 0. The van der Waals surface area contributed by atoms with E-state index in [4.69, 9.17) is 4.74 Å². The van der Waals surface area contributed by atoms with Gasteiger partial charge in [0.1, 0.15) is 5.82 Å². The molecular formula is C15H24N2O2. The maximum absolute atomic E-state index is 11.5. The fraction of sp³-hybridized carbons (Fsp3) is 0.600. The molecule has 0 fully saturated rings. The molecule has 1 aromatic rings. The Morgan fingerprint density at radius 1 is 1.37 bits per heavy atom. The van der Waals surface area contributed by atoms with Gasteiger partial charge >= 0.3 is 5.97 Å². The molecule has 1 atom stereocenters. The number of rotatable bonds is 6. The van der Waals surface area contributed by atoms with E-state index in [1.807, 2.05) is 13.1 Å². The summed E-state index contributed by atoms with van der Waals surface area (Å²) in [4.78, 5) is 18.0. The van der Waals surface area contributed by atoms with Crippen molar-refractivity contribution in [3.63, 3.8) is 0 Å². The zero-order chi connectivity index (χ0) is 14.4. The first-order valence-electron chi connectivity index (χ1n) is 6.81. The summed E-state index contributed by atoms with van der Waals surface area (Å²) in [6.07, 6.45) is 2.68. The van der Waals surface area contributed by atoms with Crippen molar-refractivity contribution >= 4 is 11.8 Å². The third kappa shape index (κ3) is 4.54. The Balaban J connectivity index is 2.72. The van der Waals surface area contributed by atoms with Crippen molar-refractivity contribution in [3.8, 4) is 0 Å². The Morgan fingerprint density at radius 3 is 2.53 bits per heavy atom. The molecule has 0 aliphatic carbocycles. The second-order valence-electron chi connectivity index (χ2n) is 5.22. The van der Waals surface area contributed by atoms with Crippen LogP contribution in [0.4, 0.5) is 5.82 Å². The predicted molar refractivity (Wildman–Crippen MR) is 77.5 cm³/mol. The summed E-state index contributed by atoms with van der Waals surface area (Å²) in [6.45, 7) is 8.77. The van der Waals surface area contributed by atoms with Crippen LogP contribution >= 0.6 is 0 Å². The van der Waals surface area contributed by atoms with Gasteiger partial charge in [-0.2, -0.15) is 0 Å². The lowest BCUT2D eigenvalue weighted by atomic mass is 10.0. The standard InChI is InChI=1S/C15H24N2O2/c1-6-19-15(18)13-7-8-14(16-10-13)17(5)12(4)9-11(2)3/h7-8,10-12H,6,9H2,1-5H3. The molecule has 0 saturated carbocycles. The van der Waals surface area contributed by atoms with Crippen molar-refractivity contribution in [2.75, 3.05) is 18.6 Å². The maximum atomic E-state index is 11.5. The molecule has 0 radical (unpaired) electrons. The van der Waals surface area contributed by atoms with Crippen LogP contribution in [0.5, 0.6) is 0 Å². The van der Waals surface area contributed by atoms with Crippen molar-refractivity contribution in [1.29, 1.82) is 0 Å². The van der Waals surface area contributed by atoms with E-state index in [9.17, 15) is 4.79 Å². The topological polar surface area (TPSA) is 42.4 Å². The van der Waals surface area contributed by atoms with Crippen molar-refractivity contribution in [2.45, 2.75) is 40.2 Å². The Hall–Kier alpha value is -1.58. The Labute approximate surface area is 115 Å². The van der Waals surface area contributed by atoms with Gasteiger partial charge in [-0.15, -0.1) is 0 Å². The zero-order valence-corrected chi connectivity index (χ0v) is 12.5. The molecule has 1 rings (SSSR count). The number of carbonyl (C=O) groups excluding carboxylic acids is 1. The average Bonchev–Trinajstić information content (AvgIpc) is 2.37. The number of ether oxygens (including phenoxy) is 1. The van der Waals surface area contributed by atoms with Crippen LogP contribution < -0.4 is 4.90 Å². The zero-order valence-electron chi connectivity index (χ0n) is 12.5. The van der Waals surface area contributed by atoms with Gasteiger partial charge < -0.3 is 9.64 Å². The highest BCUT2D eigenvalue weighted by atomic mass is 16.5. The third-order valence-electron chi connectivity index (χ3n) is 3.09. The summed E-state index contributed by atoms with van der Waals surface area (Å²) < 4.78 is 4.94. The second kappa shape index (κ2) is 7.12. The quantitative estimate of drug-likeness (QED) is 0.740. The fourth-order valence-corrected chi connectivity index (χ4v) is 2.00. The van der Waals surface area contributed by atoms with E-state index in [1.54, 1.807) is 19.2 Å². The Kier molecular flexibility index (Phi) is 5.80. The minimum Gasteiger partial charge on any atom is -0.462 e. The summed E-state index contributed by atoms with van der Waals surface area (Å²) in [5.41, 5.74) is 0.496. The predicted octanol–water partition coefficient (Wildman–Crippen LogP) is 3.13. The van der Waals surface area contributed by atoms with Crippen LogP contribution in [0.15, 0.2) is 18.3 Å². The van der Waals surface area contributed by atoms with Crippen LogP contribution in [0.3, 0.4) is 0 Å². The lowest BCUT2D eigenvalue weighted by molar-refractivity contribution is 0.0526. The number of carbonyl (C=O) groups is 1. The summed E-state index contributed by atoms with van der Waals surface area (Å²) in [5, 5.41) is 0. The lowest BCUT2D eigenvalue weighted by Crippen LogP contribution is -2.30. The number of anilines is 1. The van der Waals surface area contributed by atoms with Gasteiger partial charge in [-0.3, -0.25) is 0 Å². The van der Waals surface area contributed by atoms with Crippen molar-refractivity contribution < 1.29 is 9.53 Å². The molecule has 4 nitrogen and oxygen atoms in total. The largest absolute Gasteiger partial charge is 0.462 e. The van der Waals surface area contributed by atoms with Gasteiger partial charge in [0.25, 0.3) is 0 Å². The molecule has 19 heavy (non-hydrogen) atoms. The normalized spacial score (nSPS) is 12.3. The van der Waals surface area contributed by atoms with E-state index < -0.39 is 0 Å². The van der Waals surface area contributed by atoms with Crippen LogP contribution in [0, 0.1) is 5.92 Å². The first-order chi connectivity index (χ1) is 8.95. The fourth-order valence-electron chi connectivity index (χ4n) is 2.00. The summed E-state index contributed by atoms with van der Waals surface area (Å²) in [7, 11) is 2.03. The Bertz CT molecular complexity index is 401. The molecule has 1 heterocycles. The van der Waals surface area contributed by atoms with E-state index in [2.05, 4.69) is 30.7 Å². The molecule has 0 saturated heterocycles. The highest BCUT2D eigenvalue weighted by Crippen LogP contribution is 2.17. The molecule has 4 heteroatoms.